The van der Waals surface area contributed by atoms with E-state index in [4.69, 9.17) is 14.2 Å². The Labute approximate surface area is 164 Å². The van der Waals surface area contributed by atoms with Crippen LogP contribution in [0.2, 0.25) is 0 Å². The molecule has 0 spiro atoms. The molecular formula is C20H26N2O6. The SMILES string of the molecule is COC(=O)[C@@H]1C[C@@H](OC(=O)N2CCCCC2)CN1C(=O)OCc1ccccc1. The van der Waals surface area contributed by atoms with Gasteiger partial charge in [0.2, 0.25) is 0 Å². The largest absolute Gasteiger partial charge is 0.467 e. The van der Waals surface area contributed by atoms with Crippen LogP contribution in [0.1, 0.15) is 31.2 Å². The summed E-state index contributed by atoms with van der Waals surface area (Å²) >= 11 is 0. The number of methoxy groups -OCH3 is 1. The number of esters is 1. The highest BCUT2D eigenvalue weighted by Gasteiger charge is 2.43. The van der Waals surface area contributed by atoms with Gasteiger partial charge in [-0.15, -0.1) is 0 Å². The first-order chi connectivity index (χ1) is 13.6. The van der Waals surface area contributed by atoms with Crippen LogP contribution in [0.3, 0.4) is 0 Å². The maximum absolute atomic E-state index is 12.5. The van der Waals surface area contributed by atoms with Gasteiger partial charge in [-0.2, -0.15) is 0 Å². The van der Waals surface area contributed by atoms with Crippen LogP contribution in [0.15, 0.2) is 30.3 Å². The molecule has 28 heavy (non-hydrogen) atoms. The zero-order chi connectivity index (χ0) is 19.9. The minimum absolute atomic E-state index is 0.0995. The third-order valence-electron chi connectivity index (χ3n) is 5.06. The fraction of sp³-hybridized carbons (Fsp3) is 0.550. The lowest BCUT2D eigenvalue weighted by atomic mass is 10.1. The Morgan fingerprint density at radius 3 is 2.43 bits per heavy atom. The summed E-state index contributed by atoms with van der Waals surface area (Å²) in [5.41, 5.74) is 0.845. The van der Waals surface area contributed by atoms with Crippen molar-refractivity contribution in [2.24, 2.45) is 0 Å². The smallest absolute Gasteiger partial charge is 0.410 e. The van der Waals surface area contributed by atoms with E-state index in [9.17, 15) is 14.4 Å². The van der Waals surface area contributed by atoms with E-state index in [-0.39, 0.29) is 19.6 Å². The number of nitrogens with zero attached hydrogens (tertiary/aromatic N) is 2. The topological polar surface area (TPSA) is 85.4 Å². The average Bonchev–Trinajstić information content (AvgIpc) is 3.16. The lowest BCUT2D eigenvalue weighted by molar-refractivity contribution is -0.145. The van der Waals surface area contributed by atoms with Gasteiger partial charge in [-0.05, 0) is 24.8 Å². The van der Waals surface area contributed by atoms with Crippen molar-refractivity contribution >= 4 is 18.2 Å². The summed E-state index contributed by atoms with van der Waals surface area (Å²) in [7, 11) is 1.27. The molecule has 0 saturated carbocycles. The van der Waals surface area contributed by atoms with Crippen molar-refractivity contribution in [2.75, 3.05) is 26.7 Å². The first kappa shape index (κ1) is 20.0. The summed E-state index contributed by atoms with van der Waals surface area (Å²) in [5, 5.41) is 0. The van der Waals surface area contributed by atoms with Crippen LogP contribution < -0.4 is 0 Å². The van der Waals surface area contributed by atoms with E-state index in [1.54, 1.807) is 4.90 Å². The fourth-order valence-corrected chi connectivity index (χ4v) is 3.54. The Morgan fingerprint density at radius 2 is 1.75 bits per heavy atom. The second-order valence-electron chi connectivity index (χ2n) is 7.02. The van der Waals surface area contributed by atoms with Crippen molar-refractivity contribution < 1.29 is 28.6 Å². The van der Waals surface area contributed by atoms with E-state index in [0.717, 1.165) is 24.8 Å². The molecule has 0 radical (unpaired) electrons. The predicted octanol–water partition coefficient (Wildman–Crippen LogP) is 2.56. The van der Waals surface area contributed by atoms with Gasteiger partial charge in [0, 0.05) is 19.5 Å². The second kappa shape index (κ2) is 9.43. The van der Waals surface area contributed by atoms with Crippen LogP contribution in [0.25, 0.3) is 0 Å². The van der Waals surface area contributed by atoms with Gasteiger partial charge in [-0.25, -0.2) is 14.4 Å². The number of ether oxygens (including phenoxy) is 3. The van der Waals surface area contributed by atoms with Gasteiger partial charge in [-0.3, -0.25) is 4.90 Å². The van der Waals surface area contributed by atoms with Gasteiger partial charge in [0.15, 0.2) is 0 Å². The first-order valence-corrected chi connectivity index (χ1v) is 9.59. The molecule has 2 aliphatic rings. The van der Waals surface area contributed by atoms with Crippen molar-refractivity contribution in [3.63, 3.8) is 0 Å². The van der Waals surface area contributed by atoms with Gasteiger partial charge < -0.3 is 19.1 Å². The van der Waals surface area contributed by atoms with Crippen molar-refractivity contribution in [3.8, 4) is 0 Å². The maximum atomic E-state index is 12.5. The second-order valence-corrected chi connectivity index (χ2v) is 7.02. The Bertz CT molecular complexity index is 689. The molecule has 1 aromatic carbocycles. The number of benzene rings is 1. The van der Waals surface area contributed by atoms with Gasteiger partial charge in [0.25, 0.3) is 0 Å². The fourth-order valence-electron chi connectivity index (χ4n) is 3.54. The lowest BCUT2D eigenvalue weighted by Gasteiger charge is -2.27. The van der Waals surface area contributed by atoms with Crippen LogP contribution in [-0.4, -0.2) is 66.8 Å². The third-order valence-corrected chi connectivity index (χ3v) is 5.06. The van der Waals surface area contributed by atoms with E-state index in [2.05, 4.69) is 0 Å². The molecule has 2 amide bonds. The molecule has 0 unspecified atom stereocenters. The van der Waals surface area contributed by atoms with Gasteiger partial charge in [0.05, 0.1) is 13.7 Å². The van der Waals surface area contributed by atoms with Gasteiger partial charge in [-0.1, -0.05) is 30.3 Å². The number of carbonyl (C=O) groups excluding carboxylic acids is 3. The molecule has 3 rings (SSSR count). The molecule has 0 N–H and O–H groups in total. The molecule has 1 aromatic rings. The van der Waals surface area contributed by atoms with Crippen molar-refractivity contribution in [3.05, 3.63) is 35.9 Å². The van der Waals surface area contributed by atoms with Crippen LogP contribution in [0.4, 0.5) is 9.59 Å². The molecule has 0 bridgehead atoms. The quantitative estimate of drug-likeness (QED) is 0.580. The van der Waals surface area contributed by atoms with Crippen molar-refractivity contribution in [2.45, 2.75) is 44.4 Å². The molecule has 0 aliphatic carbocycles. The van der Waals surface area contributed by atoms with Crippen molar-refractivity contribution in [1.82, 2.24) is 9.80 Å². The highest BCUT2D eigenvalue weighted by Crippen LogP contribution is 2.24. The number of piperidine rings is 1. The summed E-state index contributed by atoms with van der Waals surface area (Å²) in [6.45, 7) is 1.55. The highest BCUT2D eigenvalue weighted by molar-refractivity contribution is 5.82. The number of hydrogen-bond donors (Lipinski definition) is 0. The van der Waals surface area contributed by atoms with E-state index >= 15 is 0 Å². The maximum Gasteiger partial charge on any atom is 0.410 e. The summed E-state index contributed by atoms with van der Waals surface area (Å²) in [6.07, 6.45) is 1.64. The lowest BCUT2D eigenvalue weighted by Crippen LogP contribution is -2.41. The molecular weight excluding hydrogens is 364 g/mol. The van der Waals surface area contributed by atoms with Crippen LogP contribution in [0, 0.1) is 0 Å². The van der Waals surface area contributed by atoms with Crippen molar-refractivity contribution in [1.29, 1.82) is 0 Å². The molecule has 2 saturated heterocycles. The van der Waals surface area contributed by atoms with Crippen LogP contribution in [-0.2, 0) is 25.6 Å². The van der Waals surface area contributed by atoms with Gasteiger partial charge in [0.1, 0.15) is 18.8 Å². The average molecular weight is 390 g/mol. The Morgan fingerprint density at radius 1 is 1.04 bits per heavy atom. The molecule has 0 aromatic heterocycles. The summed E-state index contributed by atoms with van der Waals surface area (Å²) in [5.74, 6) is -0.548. The van der Waals surface area contributed by atoms with Gasteiger partial charge >= 0.3 is 18.2 Å². The molecule has 8 nitrogen and oxygen atoms in total. The highest BCUT2D eigenvalue weighted by atomic mass is 16.6. The zero-order valence-corrected chi connectivity index (χ0v) is 16.0. The minimum atomic E-state index is -0.826. The minimum Gasteiger partial charge on any atom is -0.467 e. The van der Waals surface area contributed by atoms with E-state index in [1.807, 2.05) is 30.3 Å². The first-order valence-electron chi connectivity index (χ1n) is 9.59. The number of amides is 2. The molecule has 2 heterocycles. The standard InChI is InChI=1S/C20H26N2O6/c1-26-18(23)17-12-16(28-19(24)21-10-6-3-7-11-21)13-22(17)20(25)27-14-15-8-4-2-5-9-15/h2,4-5,8-9,16-17H,3,6-7,10-14H2,1H3/t16-,17+/m1/s1. The number of carbonyl (C=O) groups is 3. The zero-order valence-electron chi connectivity index (χ0n) is 16.0. The molecule has 152 valence electrons. The Kier molecular flexibility index (Phi) is 6.73. The van der Waals surface area contributed by atoms with E-state index < -0.39 is 30.3 Å². The number of hydrogen-bond acceptors (Lipinski definition) is 6. The third kappa shape index (κ3) is 4.94. The molecule has 2 fully saturated rings. The summed E-state index contributed by atoms with van der Waals surface area (Å²) < 4.78 is 15.7. The van der Waals surface area contributed by atoms with Crippen LogP contribution in [0.5, 0.6) is 0 Å². The van der Waals surface area contributed by atoms with Crippen LogP contribution >= 0.6 is 0 Å². The summed E-state index contributed by atoms with van der Waals surface area (Å²) in [6, 6.07) is 8.45. The predicted molar refractivity (Wildman–Crippen MR) is 99.4 cm³/mol. The van der Waals surface area contributed by atoms with E-state index in [0.29, 0.717) is 13.1 Å². The normalized spacial score (nSPS) is 21.9. The molecule has 8 heteroatoms. The Hall–Kier alpha value is -2.77. The Balaban J connectivity index is 1.59. The monoisotopic (exact) mass is 390 g/mol. The number of rotatable bonds is 4. The molecule has 2 aliphatic heterocycles. The number of likely N-dealkylation sites (tertiary alicyclic amines) is 2. The summed E-state index contributed by atoms with van der Waals surface area (Å²) in [4.78, 5) is 39.9. The molecule has 2 atom stereocenters. The van der Waals surface area contributed by atoms with E-state index in [1.165, 1.54) is 12.0 Å².